The van der Waals surface area contributed by atoms with Crippen molar-refractivity contribution in [3.05, 3.63) is 60.2 Å². The topological polar surface area (TPSA) is 47.6 Å². The summed E-state index contributed by atoms with van der Waals surface area (Å²) in [5.74, 6) is 2.41. The maximum atomic E-state index is 12.3. The molecule has 0 heterocycles. The minimum Gasteiger partial charge on any atom is -0.497 e. The standard InChI is InChI=1S/C20H25NO3S/c1-15(13-24-19-11-9-18(23-3)10-12-19)21-20(22)16(2)25-14-17-7-5-4-6-8-17/h4-12,15-16H,13-14H2,1-3H3,(H,21,22). The number of ether oxygens (including phenoxy) is 2. The van der Waals surface area contributed by atoms with Crippen LogP contribution < -0.4 is 14.8 Å². The van der Waals surface area contributed by atoms with Crippen molar-refractivity contribution in [2.24, 2.45) is 0 Å². The summed E-state index contributed by atoms with van der Waals surface area (Å²) < 4.78 is 10.8. The minimum absolute atomic E-state index is 0.0340. The zero-order valence-electron chi connectivity index (χ0n) is 14.9. The average molecular weight is 359 g/mol. The van der Waals surface area contributed by atoms with Crippen LogP contribution in [0.15, 0.2) is 54.6 Å². The van der Waals surface area contributed by atoms with Gasteiger partial charge in [0.05, 0.1) is 18.4 Å². The zero-order valence-corrected chi connectivity index (χ0v) is 15.7. The molecule has 0 saturated heterocycles. The molecule has 1 amide bonds. The summed E-state index contributed by atoms with van der Waals surface area (Å²) in [7, 11) is 1.63. The molecule has 0 aromatic heterocycles. The molecule has 0 spiro atoms. The second-order valence-electron chi connectivity index (χ2n) is 5.84. The molecule has 0 fully saturated rings. The van der Waals surface area contributed by atoms with Crippen molar-refractivity contribution in [3.8, 4) is 11.5 Å². The van der Waals surface area contributed by atoms with E-state index in [2.05, 4.69) is 17.4 Å². The van der Waals surface area contributed by atoms with E-state index in [0.717, 1.165) is 17.3 Å². The second kappa shape index (κ2) is 9.99. The Morgan fingerprint density at radius 1 is 1.04 bits per heavy atom. The molecule has 2 atom stereocenters. The van der Waals surface area contributed by atoms with Crippen molar-refractivity contribution >= 4 is 17.7 Å². The number of amides is 1. The number of hydrogen-bond acceptors (Lipinski definition) is 4. The fourth-order valence-electron chi connectivity index (χ4n) is 2.17. The summed E-state index contributed by atoms with van der Waals surface area (Å²) in [5.41, 5.74) is 1.23. The Morgan fingerprint density at radius 2 is 1.68 bits per heavy atom. The Bertz CT molecular complexity index is 646. The van der Waals surface area contributed by atoms with Crippen LogP contribution in [-0.4, -0.2) is 30.9 Å². The summed E-state index contributed by atoms with van der Waals surface area (Å²) in [6, 6.07) is 17.5. The van der Waals surface area contributed by atoms with E-state index in [-0.39, 0.29) is 17.2 Å². The van der Waals surface area contributed by atoms with Crippen LogP contribution in [0.3, 0.4) is 0 Å². The van der Waals surface area contributed by atoms with Gasteiger partial charge in [0.1, 0.15) is 18.1 Å². The van der Waals surface area contributed by atoms with Crippen molar-refractivity contribution < 1.29 is 14.3 Å². The zero-order chi connectivity index (χ0) is 18.1. The number of carbonyl (C=O) groups is 1. The van der Waals surface area contributed by atoms with Crippen LogP contribution in [0.25, 0.3) is 0 Å². The number of hydrogen-bond donors (Lipinski definition) is 1. The Labute approximate surface area is 153 Å². The molecule has 0 aliphatic rings. The number of benzene rings is 2. The third-order valence-electron chi connectivity index (χ3n) is 3.66. The lowest BCUT2D eigenvalue weighted by molar-refractivity contribution is -0.121. The lowest BCUT2D eigenvalue weighted by atomic mass is 10.2. The fraction of sp³-hybridized carbons (Fsp3) is 0.350. The Balaban J connectivity index is 1.71. The SMILES string of the molecule is COc1ccc(OCC(C)NC(=O)C(C)SCc2ccccc2)cc1. The van der Waals surface area contributed by atoms with Crippen LogP contribution in [-0.2, 0) is 10.5 Å². The molecule has 5 heteroatoms. The molecule has 0 radical (unpaired) electrons. The van der Waals surface area contributed by atoms with Crippen LogP contribution in [0.4, 0.5) is 0 Å². The van der Waals surface area contributed by atoms with Gasteiger partial charge < -0.3 is 14.8 Å². The van der Waals surface area contributed by atoms with Crippen molar-refractivity contribution in [3.63, 3.8) is 0 Å². The number of thioether (sulfide) groups is 1. The molecule has 0 aliphatic heterocycles. The van der Waals surface area contributed by atoms with Crippen molar-refractivity contribution in [2.45, 2.75) is 30.9 Å². The van der Waals surface area contributed by atoms with E-state index >= 15 is 0 Å². The molecule has 4 nitrogen and oxygen atoms in total. The molecule has 0 aliphatic carbocycles. The fourth-order valence-corrected chi connectivity index (χ4v) is 3.02. The second-order valence-corrected chi connectivity index (χ2v) is 7.16. The lowest BCUT2D eigenvalue weighted by Gasteiger charge is -2.18. The predicted molar refractivity (Wildman–Crippen MR) is 103 cm³/mol. The minimum atomic E-state index is -0.108. The van der Waals surface area contributed by atoms with Gasteiger partial charge in [0.15, 0.2) is 0 Å². The van der Waals surface area contributed by atoms with Gasteiger partial charge in [0.25, 0.3) is 0 Å². The Hall–Kier alpha value is -2.14. The molecule has 0 saturated carbocycles. The van der Waals surface area contributed by atoms with Gasteiger partial charge in [0.2, 0.25) is 5.91 Å². The molecular weight excluding hydrogens is 334 g/mol. The predicted octanol–water partition coefficient (Wildman–Crippen LogP) is 3.90. The quantitative estimate of drug-likeness (QED) is 0.738. The normalized spacial score (nSPS) is 12.9. The maximum absolute atomic E-state index is 12.3. The summed E-state index contributed by atoms with van der Waals surface area (Å²) in [6.45, 7) is 4.30. The van der Waals surface area contributed by atoms with E-state index in [0.29, 0.717) is 6.61 Å². The lowest BCUT2D eigenvalue weighted by Crippen LogP contribution is -2.40. The smallest absolute Gasteiger partial charge is 0.233 e. The highest BCUT2D eigenvalue weighted by molar-refractivity contribution is 7.99. The van der Waals surface area contributed by atoms with E-state index in [1.54, 1.807) is 18.9 Å². The third-order valence-corrected chi connectivity index (χ3v) is 4.87. The first-order valence-electron chi connectivity index (χ1n) is 8.31. The highest BCUT2D eigenvalue weighted by Gasteiger charge is 2.16. The first kappa shape index (κ1) is 19.2. The molecule has 2 aromatic rings. The molecular formula is C20H25NO3S. The first-order chi connectivity index (χ1) is 12.1. The van der Waals surface area contributed by atoms with Crippen molar-refractivity contribution in [1.29, 1.82) is 0 Å². The number of carbonyl (C=O) groups excluding carboxylic acids is 1. The number of methoxy groups -OCH3 is 1. The van der Waals surface area contributed by atoms with E-state index < -0.39 is 0 Å². The van der Waals surface area contributed by atoms with Gasteiger partial charge in [-0.05, 0) is 43.7 Å². The van der Waals surface area contributed by atoms with Gasteiger partial charge in [-0.1, -0.05) is 30.3 Å². The van der Waals surface area contributed by atoms with Gasteiger partial charge in [-0.15, -0.1) is 11.8 Å². The highest BCUT2D eigenvalue weighted by atomic mass is 32.2. The molecule has 25 heavy (non-hydrogen) atoms. The highest BCUT2D eigenvalue weighted by Crippen LogP contribution is 2.18. The van der Waals surface area contributed by atoms with Crippen molar-refractivity contribution in [1.82, 2.24) is 5.32 Å². The van der Waals surface area contributed by atoms with Crippen LogP contribution in [0.5, 0.6) is 11.5 Å². The first-order valence-corrected chi connectivity index (χ1v) is 9.36. The molecule has 2 aromatic carbocycles. The molecule has 1 N–H and O–H groups in total. The largest absolute Gasteiger partial charge is 0.497 e. The van der Waals surface area contributed by atoms with Crippen LogP contribution in [0.1, 0.15) is 19.4 Å². The average Bonchev–Trinajstić information content (AvgIpc) is 2.65. The Morgan fingerprint density at radius 3 is 2.32 bits per heavy atom. The summed E-state index contributed by atoms with van der Waals surface area (Å²) in [5, 5.41) is 2.89. The van der Waals surface area contributed by atoms with Gasteiger partial charge in [-0.25, -0.2) is 0 Å². The van der Waals surface area contributed by atoms with Gasteiger partial charge >= 0.3 is 0 Å². The van der Waals surface area contributed by atoms with Crippen molar-refractivity contribution in [2.75, 3.05) is 13.7 Å². The molecule has 134 valence electrons. The third kappa shape index (κ3) is 6.70. The van der Waals surface area contributed by atoms with Crippen LogP contribution >= 0.6 is 11.8 Å². The van der Waals surface area contributed by atoms with Crippen LogP contribution in [0.2, 0.25) is 0 Å². The van der Waals surface area contributed by atoms with Gasteiger partial charge in [0, 0.05) is 5.75 Å². The van der Waals surface area contributed by atoms with E-state index in [1.165, 1.54) is 5.56 Å². The molecule has 0 bridgehead atoms. The Kier molecular flexibility index (Phi) is 7.67. The van der Waals surface area contributed by atoms with Crippen LogP contribution in [0, 0.1) is 0 Å². The van der Waals surface area contributed by atoms with E-state index in [1.807, 2.05) is 56.3 Å². The monoisotopic (exact) mass is 359 g/mol. The van der Waals surface area contributed by atoms with E-state index in [9.17, 15) is 4.79 Å². The van der Waals surface area contributed by atoms with E-state index in [4.69, 9.17) is 9.47 Å². The van der Waals surface area contributed by atoms with Gasteiger partial charge in [-0.2, -0.15) is 0 Å². The molecule has 2 rings (SSSR count). The number of rotatable bonds is 9. The van der Waals surface area contributed by atoms with Gasteiger partial charge in [-0.3, -0.25) is 4.79 Å². The summed E-state index contributed by atoms with van der Waals surface area (Å²) in [6.07, 6.45) is 0. The summed E-state index contributed by atoms with van der Waals surface area (Å²) in [4.78, 5) is 12.3. The maximum Gasteiger partial charge on any atom is 0.233 e. The summed E-state index contributed by atoms with van der Waals surface area (Å²) >= 11 is 1.63. The molecule has 2 unspecified atom stereocenters. The number of nitrogens with one attached hydrogen (secondary N) is 1.